The number of benzene rings is 1. The zero-order chi connectivity index (χ0) is 24.3. The smallest absolute Gasteiger partial charge is 0.339 e. The van der Waals surface area contributed by atoms with Crippen LogP contribution in [0.3, 0.4) is 0 Å². The van der Waals surface area contributed by atoms with Crippen molar-refractivity contribution in [2.24, 2.45) is 39.9 Å². The number of hydrogen-bond donors (Lipinski definition) is 2. The molecule has 9 aliphatic rings. The second-order valence-electron chi connectivity index (χ2n) is 12.8. The number of fused-ring (bicyclic) bond motifs is 1. The van der Waals surface area contributed by atoms with Crippen molar-refractivity contribution >= 4 is 11.7 Å². The monoisotopic (exact) mass is 478 g/mol. The highest BCUT2D eigenvalue weighted by atomic mass is 16.6. The van der Waals surface area contributed by atoms with E-state index in [1.165, 1.54) is 24.3 Å². The Morgan fingerprint density at radius 2 is 1.97 bits per heavy atom. The summed E-state index contributed by atoms with van der Waals surface area (Å²) in [5, 5.41) is 34.4. The van der Waals surface area contributed by atoms with Crippen molar-refractivity contribution in [3.63, 3.8) is 0 Å². The topological polar surface area (TPSA) is 113 Å². The molecule has 9 fully saturated rings. The number of aliphatic hydroxyl groups excluding tert-OH is 2. The number of carbonyl (C=O) groups excluding carboxylic acids is 1. The maximum absolute atomic E-state index is 13.5. The molecule has 9 bridgehead atoms. The van der Waals surface area contributed by atoms with Crippen LogP contribution in [-0.4, -0.2) is 56.5 Å². The summed E-state index contributed by atoms with van der Waals surface area (Å²) in [4.78, 5) is 26.6. The second kappa shape index (κ2) is 5.82. The zero-order valence-corrected chi connectivity index (χ0v) is 19.7. The Bertz CT molecular complexity index is 1230. The third-order valence-electron chi connectivity index (χ3n) is 11.9. The van der Waals surface area contributed by atoms with E-state index in [-0.39, 0.29) is 46.2 Å². The number of piperidine rings is 2. The van der Waals surface area contributed by atoms with Gasteiger partial charge in [-0.05, 0) is 48.3 Å². The Kier molecular flexibility index (Phi) is 3.47. The van der Waals surface area contributed by atoms with Crippen LogP contribution < -0.4 is 0 Å². The third-order valence-corrected chi connectivity index (χ3v) is 11.9. The number of rotatable bonds is 3. The molecule has 10 rings (SSSR count). The van der Waals surface area contributed by atoms with Gasteiger partial charge in [-0.25, -0.2) is 4.79 Å². The van der Waals surface area contributed by atoms with Crippen LogP contribution in [0, 0.1) is 50.0 Å². The lowest BCUT2D eigenvalue weighted by Gasteiger charge is -2.67. The molecule has 0 radical (unpaired) electrons. The van der Waals surface area contributed by atoms with Crippen molar-refractivity contribution in [2.75, 3.05) is 6.54 Å². The van der Waals surface area contributed by atoms with Crippen LogP contribution in [0.25, 0.3) is 0 Å². The summed E-state index contributed by atoms with van der Waals surface area (Å²) in [6.07, 6.45) is 3.35. The highest BCUT2D eigenvalue weighted by molar-refractivity contribution is 5.90. The molecule has 0 amide bonds. The standard InChI is InChI=1S/C27H30N2O6/c1-13-16-10-17-20-25-9-3-8-24(2)12-28(20)27(23(24)25,11-26(17,21(13)31)19(25)18(16)30)35-22(32)14-4-6-15(7-5-14)29(33)34/h4-7,16-21,23,30-31H,1,3,8-12H2,2H3/t16-,17+,18+,19+,20?,21-,23-,24+,25+,26?,27+/m1/s1. The van der Waals surface area contributed by atoms with Gasteiger partial charge in [-0.2, -0.15) is 0 Å². The van der Waals surface area contributed by atoms with E-state index in [9.17, 15) is 25.1 Å². The van der Waals surface area contributed by atoms with Crippen LogP contribution in [0.2, 0.25) is 0 Å². The molecule has 1 aromatic carbocycles. The molecule has 8 nitrogen and oxygen atoms in total. The molecule has 6 saturated carbocycles. The van der Waals surface area contributed by atoms with Crippen molar-refractivity contribution in [2.45, 2.75) is 63.0 Å². The lowest BCUT2D eigenvalue weighted by atomic mass is 9.39. The summed E-state index contributed by atoms with van der Waals surface area (Å²) >= 11 is 0. The first-order chi connectivity index (χ1) is 16.6. The van der Waals surface area contributed by atoms with Crippen molar-refractivity contribution in [3.8, 4) is 0 Å². The van der Waals surface area contributed by atoms with Gasteiger partial charge in [0.1, 0.15) is 0 Å². The van der Waals surface area contributed by atoms with E-state index in [1.807, 2.05) is 0 Å². The molecular formula is C27H30N2O6. The van der Waals surface area contributed by atoms with E-state index in [0.717, 1.165) is 37.8 Å². The lowest BCUT2D eigenvalue weighted by Crippen LogP contribution is -2.72. The van der Waals surface area contributed by atoms with Crippen LogP contribution in [0.1, 0.15) is 49.4 Å². The molecule has 0 aromatic heterocycles. The second-order valence-corrected chi connectivity index (χ2v) is 12.8. The van der Waals surface area contributed by atoms with Gasteiger partial charge >= 0.3 is 5.97 Å². The van der Waals surface area contributed by atoms with Gasteiger partial charge in [0.15, 0.2) is 5.72 Å². The minimum absolute atomic E-state index is 0.00498. The highest BCUT2D eigenvalue weighted by Gasteiger charge is 2.94. The van der Waals surface area contributed by atoms with Gasteiger partial charge in [-0.3, -0.25) is 15.0 Å². The molecule has 2 spiro atoms. The number of nitrogens with zero attached hydrogens (tertiary/aromatic N) is 2. The number of nitro groups is 1. The number of hydrogen-bond acceptors (Lipinski definition) is 7. The van der Waals surface area contributed by atoms with Gasteiger partial charge in [0.2, 0.25) is 0 Å². The van der Waals surface area contributed by atoms with Crippen LogP contribution in [0.5, 0.6) is 0 Å². The average molecular weight is 479 g/mol. The van der Waals surface area contributed by atoms with Crippen molar-refractivity contribution in [3.05, 3.63) is 52.1 Å². The van der Waals surface area contributed by atoms with E-state index in [1.54, 1.807) is 0 Å². The van der Waals surface area contributed by atoms with Gasteiger partial charge in [0.25, 0.3) is 5.69 Å². The fourth-order valence-corrected chi connectivity index (χ4v) is 11.6. The molecule has 6 aliphatic carbocycles. The number of carbonyl (C=O) groups is 1. The first kappa shape index (κ1) is 20.9. The number of ether oxygens (including phenoxy) is 1. The summed E-state index contributed by atoms with van der Waals surface area (Å²) in [5.74, 6) is -0.129. The molecule has 3 unspecified atom stereocenters. The predicted molar refractivity (Wildman–Crippen MR) is 123 cm³/mol. The largest absolute Gasteiger partial charge is 0.440 e. The Morgan fingerprint density at radius 3 is 2.69 bits per heavy atom. The molecule has 1 aromatic rings. The van der Waals surface area contributed by atoms with Crippen LogP contribution in [0.4, 0.5) is 5.69 Å². The van der Waals surface area contributed by atoms with Crippen molar-refractivity contribution in [1.29, 1.82) is 0 Å². The molecule has 3 aliphatic heterocycles. The lowest BCUT2D eigenvalue weighted by molar-refractivity contribution is -0.384. The molecular weight excluding hydrogens is 448 g/mol. The van der Waals surface area contributed by atoms with Gasteiger partial charge in [0.05, 0.1) is 22.7 Å². The minimum atomic E-state index is -0.823. The van der Waals surface area contributed by atoms with Crippen LogP contribution in [-0.2, 0) is 4.74 Å². The molecule has 12 atom stereocenters. The van der Waals surface area contributed by atoms with Gasteiger partial charge < -0.3 is 14.9 Å². The summed E-state index contributed by atoms with van der Waals surface area (Å²) in [5.41, 5.74) is -0.528. The maximum Gasteiger partial charge on any atom is 0.339 e. The molecule has 3 saturated heterocycles. The van der Waals surface area contributed by atoms with Gasteiger partial charge in [-0.1, -0.05) is 19.9 Å². The zero-order valence-electron chi connectivity index (χ0n) is 19.7. The summed E-state index contributed by atoms with van der Waals surface area (Å²) < 4.78 is 6.56. The summed E-state index contributed by atoms with van der Waals surface area (Å²) in [6, 6.07) is 5.80. The Hall–Kier alpha value is -2.29. The van der Waals surface area contributed by atoms with Crippen molar-refractivity contribution < 1.29 is 24.7 Å². The number of aliphatic hydroxyl groups is 2. The summed E-state index contributed by atoms with van der Waals surface area (Å²) in [6.45, 7) is 7.41. The molecule has 184 valence electrons. The Morgan fingerprint density at radius 1 is 1.23 bits per heavy atom. The van der Waals surface area contributed by atoms with Crippen LogP contribution in [0.15, 0.2) is 36.4 Å². The fraction of sp³-hybridized carbons (Fsp3) is 0.667. The average Bonchev–Trinajstić information content (AvgIpc) is 3.21. The first-order valence-electron chi connectivity index (χ1n) is 12.9. The van der Waals surface area contributed by atoms with E-state index in [0.29, 0.717) is 12.0 Å². The van der Waals surface area contributed by atoms with Gasteiger partial charge in [0, 0.05) is 59.7 Å². The summed E-state index contributed by atoms with van der Waals surface area (Å²) in [7, 11) is 0. The van der Waals surface area contributed by atoms with E-state index in [4.69, 9.17) is 4.74 Å². The Balaban J connectivity index is 1.28. The number of non-ortho nitro benzene ring substituents is 1. The molecule has 3 heterocycles. The van der Waals surface area contributed by atoms with E-state index in [2.05, 4.69) is 18.4 Å². The quantitative estimate of drug-likeness (QED) is 0.297. The highest BCUT2D eigenvalue weighted by Crippen LogP contribution is 2.89. The van der Waals surface area contributed by atoms with E-state index < -0.39 is 34.2 Å². The predicted octanol–water partition coefficient (Wildman–Crippen LogP) is 2.89. The van der Waals surface area contributed by atoms with Gasteiger partial charge in [-0.15, -0.1) is 0 Å². The molecule has 35 heavy (non-hydrogen) atoms. The van der Waals surface area contributed by atoms with E-state index >= 15 is 0 Å². The van der Waals surface area contributed by atoms with Crippen LogP contribution >= 0.6 is 0 Å². The number of esters is 1. The minimum Gasteiger partial charge on any atom is -0.440 e. The normalized spacial score (nSPS) is 55.5. The first-order valence-corrected chi connectivity index (χ1v) is 12.9. The number of nitro benzene ring substituents is 1. The SMILES string of the molecule is C=C1[C@H]2C[C@H]3C4N5C[C@]6(C)CCC[C@]47[C@H]([C@H]2O)C3(C[C@]5(OC(=O)c2ccc([N+](=O)[O-])cc2)[C@H]67)[C@@H]1O. The Labute approximate surface area is 203 Å². The fourth-order valence-electron chi connectivity index (χ4n) is 11.6. The van der Waals surface area contributed by atoms with Crippen molar-refractivity contribution in [1.82, 2.24) is 4.90 Å². The third kappa shape index (κ3) is 1.89. The maximum atomic E-state index is 13.5. The molecule has 2 N–H and O–H groups in total. The molecule has 8 heteroatoms.